The fourth-order valence-electron chi connectivity index (χ4n) is 1.07. The molecule has 0 spiro atoms. The summed E-state index contributed by atoms with van der Waals surface area (Å²) in [6, 6.07) is 22.3. The number of rotatable bonds is 0. The number of nitrogens with two attached hydrogens (primary N) is 1. The van der Waals surface area contributed by atoms with E-state index in [0.29, 0.717) is 0 Å². The van der Waals surface area contributed by atoms with Gasteiger partial charge in [0.15, 0.2) is 0 Å². The summed E-state index contributed by atoms with van der Waals surface area (Å²) in [5.74, 6) is -0.333. The van der Waals surface area contributed by atoms with Gasteiger partial charge in [-0.05, 0) is 13.8 Å². The highest BCUT2D eigenvalue weighted by molar-refractivity contribution is 5.70. The lowest BCUT2D eigenvalue weighted by Crippen LogP contribution is -2.01. The maximum absolute atomic E-state index is 9.22. The molecule has 2 aromatic rings. The monoisotopic (exact) mass is 284 g/mol. The number of hydrogen-bond acceptors (Lipinski definition) is 2. The first kappa shape index (κ1) is 20.7. The Labute approximate surface area is 128 Å². The fourth-order valence-corrected chi connectivity index (χ4v) is 1.07. The fraction of sp³-hybridized carbons (Fsp3) is 0.222. The molecule has 0 aliphatic carbocycles. The molecule has 1 amide bonds. The Hall–Kier alpha value is -2.60. The molecular weight excluding hydrogens is 260 g/mol. The molecule has 112 valence electrons. The molecule has 0 aliphatic rings. The van der Waals surface area contributed by atoms with Crippen LogP contribution in [-0.2, 0) is 4.79 Å². The molecule has 0 saturated carbocycles. The van der Waals surface area contributed by atoms with Gasteiger partial charge in [0, 0.05) is 13.8 Å². The molecule has 3 heteroatoms. The maximum atomic E-state index is 9.22. The van der Waals surface area contributed by atoms with E-state index < -0.39 is 0 Å². The summed E-state index contributed by atoms with van der Waals surface area (Å²) in [7, 11) is 0. The van der Waals surface area contributed by atoms with E-state index in [2.05, 4.69) is 43.8 Å². The molecule has 2 aromatic carbocycles. The van der Waals surface area contributed by atoms with Gasteiger partial charge >= 0.3 is 0 Å². The highest BCUT2D eigenvalue weighted by Crippen LogP contribution is 1.92. The minimum atomic E-state index is -0.333. The van der Waals surface area contributed by atoms with Crippen molar-refractivity contribution in [3.05, 3.63) is 71.8 Å². The van der Waals surface area contributed by atoms with Crippen LogP contribution >= 0.6 is 0 Å². The van der Waals surface area contributed by atoms with Crippen LogP contribution in [0.3, 0.4) is 0 Å². The van der Waals surface area contributed by atoms with Crippen LogP contribution in [0.15, 0.2) is 60.7 Å². The highest BCUT2D eigenvalue weighted by atomic mass is 16.1. The predicted octanol–water partition coefficient (Wildman–Crippen LogP) is 4.01. The Bertz CT molecular complexity index is 460. The summed E-state index contributed by atoms with van der Waals surface area (Å²) in [5, 5.41) is 7.32. The van der Waals surface area contributed by atoms with Gasteiger partial charge in [0.25, 0.3) is 0 Å². The number of aryl methyl sites for hydroxylation is 2. The molecular formula is C18H24N2O. The second-order valence-electron chi connectivity index (χ2n) is 4.14. The summed E-state index contributed by atoms with van der Waals surface area (Å²) in [6.45, 7) is 6.90. The van der Waals surface area contributed by atoms with Gasteiger partial charge < -0.3 is 5.73 Å². The predicted molar refractivity (Wildman–Crippen MR) is 88.5 cm³/mol. The summed E-state index contributed by atoms with van der Waals surface area (Å²) in [5.41, 5.74) is 7.12. The van der Waals surface area contributed by atoms with Gasteiger partial charge in [-0.1, -0.05) is 71.8 Å². The molecule has 3 nitrogen and oxygen atoms in total. The third kappa shape index (κ3) is 23.0. The minimum absolute atomic E-state index is 0.333. The van der Waals surface area contributed by atoms with Crippen LogP contribution in [0.5, 0.6) is 0 Å². The lowest BCUT2D eigenvalue weighted by atomic mass is 10.2. The number of primary amides is 1. The maximum Gasteiger partial charge on any atom is 0.214 e. The van der Waals surface area contributed by atoms with Crippen molar-refractivity contribution in [1.29, 1.82) is 5.26 Å². The van der Waals surface area contributed by atoms with E-state index in [9.17, 15) is 4.79 Å². The Kier molecular flexibility index (Phi) is 15.2. The number of benzene rings is 2. The normalized spacial score (nSPS) is 7.38. The summed E-state index contributed by atoms with van der Waals surface area (Å²) >= 11 is 0. The third-order valence-corrected chi connectivity index (χ3v) is 1.88. The first-order valence-corrected chi connectivity index (χ1v) is 6.54. The van der Waals surface area contributed by atoms with Crippen LogP contribution in [0.2, 0.25) is 0 Å². The van der Waals surface area contributed by atoms with E-state index in [1.54, 1.807) is 6.07 Å². The number of nitriles is 1. The third-order valence-electron chi connectivity index (χ3n) is 1.88. The molecule has 0 unspecified atom stereocenters. The van der Waals surface area contributed by atoms with Crippen molar-refractivity contribution in [2.75, 3.05) is 0 Å². The van der Waals surface area contributed by atoms with Crippen molar-refractivity contribution in [3.8, 4) is 6.07 Å². The van der Waals surface area contributed by atoms with Gasteiger partial charge in [-0.25, -0.2) is 0 Å². The van der Waals surface area contributed by atoms with Crippen LogP contribution < -0.4 is 5.73 Å². The molecule has 0 fully saturated rings. The smallest absolute Gasteiger partial charge is 0.214 e. The zero-order chi connectivity index (χ0) is 16.5. The van der Waals surface area contributed by atoms with Crippen LogP contribution in [0.4, 0.5) is 0 Å². The van der Waals surface area contributed by atoms with Crippen LogP contribution in [-0.4, -0.2) is 5.91 Å². The quantitative estimate of drug-likeness (QED) is 0.794. The molecule has 2 N–H and O–H groups in total. The van der Waals surface area contributed by atoms with Crippen LogP contribution in [0.25, 0.3) is 0 Å². The van der Waals surface area contributed by atoms with E-state index >= 15 is 0 Å². The summed E-state index contributed by atoms with van der Waals surface area (Å²) in [4.78, 5) is 9.22. The Morgan fingerprint density at radius 1 is 0.905 bits per heavy atom. The zero-order valence-electron chi connectivity index (χ0n) is 13.2. The lowest BCUT2D eigenvalue weighted by Gasteiger charge is -1.82. The molecule has 0 heterocycles. The second kappa shape index (κ2) is 15.5. The van der Waals surface area contributed by atoms with Crippen molar-refractivity contribution in [2.45, 2.75) is 27.7 Å². The summed E-state index contributed by atoms with van der Waals surface area (Å²) < 4.78 is 0. The Morgan fingerprint density at radius 2 is 1.10 bits per heavy atom. The van der Waals surface area contributed by atoms with Gasteiger partial charge in [-0.2, -0.15) is 5.26 Å². The largest absolute Gasteiger partial charge is 0.370 e. The number of hydrogen-bond donors (Lipinski definition) is 1. The first-order valence-electron chi connectivity index (χ1n) is 6.54. The first-order chi connectivity index (χ1) is 9.93. The topological polar surface area (TPSA) is 66.9 Å². The van der Waals surface area contributed by atoms with Gasteiger partial charge in [0.2, 0.25) is 5.91 Å². The van der Waals surface area contributed by atoms with Crippen molar-refractivity contribution in [2.24, 2.45) is 5.73 Å². The van der Waals surface area contributed by atoms with Gasteiger partial charge in [0.1, 0.15) is 0 Å². The van der Waals surface area contributed by atoms with Crippen molar-refractivity contribution >= 4 is 5.91 Å². The SMILES string of the molecule is CC#N.CC(N)=O.Cc1ccccc1.Cc1ccccc1. The number of carbonyl (C=O) groups is 1. The van der Waals surface area contributed by atoms with E-state index in [1.807, 2.05) is 36.4 Å². The van der Waals surface area contributed by atoms with Gasteiger partial charge in [-0.3, -0.25) is 4.79 Å². The molecule has 21 heavy (non-hydrogen) atoms. The Morgan fingerprint density at radius 3 is 1.19 bits per heavy atom. The lowest BCUT2D eigenvalue weighted by molar-refractivity contribution is -0.115. The van der Waals surface area contributed by atoms with E-state index in [-0.39, 0.29) is 5.91 Å². The molecule has 0 radical (unpaired) electrons. The minimum Gasteiger partial charge on any atom is -0.370 e. The van der Waals surface area contributed by atoms with E-state index in [4.69, 9.17) is 5.26 Å². The summed E-state index contributed by atoms with van der Waals surface area (Å²) in [6.07, 6.45) is 0. The zero-order valence-corrected chi connectivity index (χ0v) is 13.2. The molecule has 0 aliphatic heterocycles. The Balaban J connectivity index is 0. The molecule has 2 rings (SSSR count). The molecule has 0 atom stereocenters. The van der Waals surface area contributed by atoms with Gasteiger partial charge in [-0.15, -0.1) is 0 Å². The van der Waals surface area contributed by atoms with Crippen LogP contribution in [0.1, 0.15) is 25.0 Å². The van der Waals surface area contributed by atoms with Crippen molar-refractivity contribution in [3.63, 3.8) is 0 Å². The molecule has 0 aromatic heterocycles. The standard InChI is InChI=1S/2C7H8.C2H5NO.C2H3N/c2*1-7-5-3-2-4-6-7;1-2(3)4;1-2-3/h2*2-6H,1H3;1H3,(H2,3,4);1H3. The van der Waals surface area contributed by atoms with Gasteiger partial charge in [0.05, 0.1) is 6.07 Å². The highest BCUT2D eigenvalue weighted by Gasteiger charge is 1.72. The molecule has 0 saturated heterocycles. The van der Waals surface area contributed by atoms with Crippen molar-refractivity contribution < 1.29 is 4.79 Å². The number of carbonyl (C=O) groups excluding carboxylic acids is 1. The number of nitrogens with zero attached hydrogens (tertiary/aromatic N) is 1. The average Bonchev–Trinajstić information content (AvgIpc) is 2.41. The van der Waals surface area contributed by atoms with Crippen molar-refractivity contribution in [1.82, 2.24) is 0 Å². The molecule has 0 bridgehead atoms. The number of amides is 1. The van der Waals surface area contributed by atoms with E-state index in [0.717, 1.165) is 0 Å². The second-order valence-corrected chi connectivity index (χ2v) is 4.14. The average molecular weight is 284 g/mol. The van der Waals surface area contributed by atoms with Crippen LogP contribution in [0, 0.1) is 25.2 Å². The van der Waals surface area contributed by atoms with E-state index in [1.165, 1.54) is 25.0 Å².